The molecule has 0 aromatic carbocycles. The first-order valence-electron chi connectivity index (χ1n) is 7.98. The maximum Gasteiger partial charge on any atom is 0.417 e. The van der Waals surface area contributed by atoms with Crippen LogP contribution in [0, 0.1) is 17.8 Å². The van der Waals surface area contributed by atoms with Crippen molar-refractivity contribution in [1.82, 2.24) is 10.3 Å². The van der Waals surface area contributed by atoms with Crippen molar-refractivity contribution in [2.75, 3.05) is 18.4 Å². The highest BCUT2D eigenvalue weighted by Gasteiger charge is 2.42. The van der Waals surface area contributed by atoms with Crippen molar-refractivity contribution in [1.29, 1.82) is 0 Å². The largest absolute Gasteiger partial charge is 0.417 e. The first-order valence-corrected chi connectivity index (χ1v) is 7.98. The Morgan fingerprint density at radius 1 is 1.22 bits per heavy atom. The van der Waals surface area contributed by atoms with E-state index in [4.69, 9.17) is 0 Å². The predicted molar refractivity (Wildman–Crippen MR) is 79.7 cm³/mol. The fourth-order valence-corrected chi connectivity index (χ4v) is 3.74. The van der Waals surface area contributed by atoms with Gasteiger partial charge in [0.05, 0.1) is 5.56 Å². The predicted octanol–water partition coefficient (Wildman–Crippen LogP) is 3.06. The molecule has 2 fully saturated rings. The molecule has 0 saturated heterocycles. The lowest BCUT2D eigenvalue weighted by molar-refractivity contribution is -0.137. The zero-order chi connectivity index (χ0) is 16.4. The Kier molecular flexibility index (Phi) is 4.46. The smallest absolute Gasteiger partial charge is 0.368 e. The van der Waals surface area contributed by atoms with E-state index in [9.17, 15) is 18.0 Å². The summed E-state index contributed by atoms with van der Waals surface area (Å²) in [4.78, 5) is 15.8. The maximum absolute atomic E-state index is 12.4. The highest BCUT2D eigenvalue weighted by molar-refractivity contribution is 5.79. The lowest BCUT2D eigenvalue weighted by atomic mass is 9.88. The molecule has 2 N–H and O–H groups in total. The molecule has 4 nitrogen and oxygen atoms in total. The standard InChI is InChI=1S/C16H20F3N3O/c17-16(18,19)12-3-4-14(22-9-12)20-5-6-21-15(23)13-8-10-1-2-11(13)7-10/h3-4,9-11,13H,1-2,5-8H2,(H,20,22)(H,21,23)/t10-,11-,13-/m0/s1. The van der Waals surface area contributed by atoms with Crippen LogP contribution in [-0.2, 0) is 11.0 Å². The van der Waals surface area contributed by atoms with Gasteiger partial charge in [-0.05, 0) is 43.2 Å². The van der Waals surface area contributed by atoms with E-state index >= 15 is 0 Å². The normalized spacial score (nSPS) is 26.3. The van der Waals surface area contributed by atoms with E-state index in [0.717, 1.165) is 31.0 Å². The van der Waals surface area contributed by atoms with Gasteiger partial charge < -0.3 is 10.6 Å². The van der Waals surface area contributed by atoms with Crippen molar-refractivity contribution in [2.45, 2.75) is 31.9 Å². The SMILES string of the molecule is O=C(NCCNc1ccc(C(F)(F)F)cn1)[C@H]1C[C@H]2CC[C@H]1C2. The third-order valence-electron chi connectivity index (χ3n) is 4.90. The monoisotopic (exact) mass is 327 g/mol. The summed E-state index contributed by atoms with van der Waals surface area (Å²) >= 11 is 0. The van der Waals surface area contributed by atoms with Gasteiger partial charge in [-0.3, -0.25) is 4.79 Å². The summed E-state index contributed by atoms with van der Waals surface area (Å²) in [5, 5.41) is 5.82. The lowest BCUT2D eigenvalue weighted by Crippen LogP contribution is -2.36. The number of nitrogens with zero attached hydrogens (tertiary/aromatic N) is 1. The molecule has 7 heteroatoms. The molecule has 126 valence electrons. The third-order valence-corrected chi connectivity index (χ3v) is 4.90. The maximum atomic E-state index is 12.4. The van der Waals surface area contributed by atoms with Gasteiger partial charge in [-0.1, -0.05) is 6.42 Å². The van der Waals surface area contributed by atoms with Crippen molar-refractivity contribution in [3.63, 3.8) is 0 Å². The minimum absolute atomic E-state index is 0.111. The van der Waals surface area contributed by atoms with Gasteiger partial charge in [0.2, 0.25) is 5.91 Å². The molecule has 3 atom stereocenters. The molecule has 3 rings (SSSR count). The zero-order valence-corrected chi connectivity index (χ0v) is 12.7. The number of anilines is 1. The molecule has 23 heavy (non-hydrogen) atoms. The van der Waals surface area contributed by atoms with Crippen LogP contribution in [0.4, 0.5) is 19.0 Å². The van der Waals surface area contributed by atoms with E-state index in [1.807, 2.05) is 0 Å². The molecule has 2 aliphatic rings. The number of alkyl halides is 3. The molecular weight excluding hydrogens is 307 g/mol. The highest BCUT2D eigenvalue weighted by Crippen LogP contribution is 2.48. The minimum Gasteiger partial charge on any atom is -0.368 e. The number of nitrogens with one attached hydrogen (secondary N) is 2. The van der Waals surface area contributed by atoms with Crippen molar-refractivity contribution in [3.05, 3.63) is 23.9 Å². The third kappa shape index (κ3) is 3.76. The summed E-state index contributed by atoms with van der Waals surface area (Å²) in [5.74, 6) is 1.90. The number of pyridine rings is 1. The Morgan fingerprint density at radius 3 is 2.61 bits per heavy atom. The zero-order valence-electron chi connectivity index (χ0n) is 12.7. The number of amides is 1. The van der Waals surface area contributed by atoms with Crippen LogP contribution >= 0.6 is 0 Å². The Morgan fingerprint density at radius 2 is 2.04 bits per heavy atom. The molecule has 0 aliphatic heterocycles. The van der Waals surface area contributed by atoms with Gasteiger partial charge in [-0.15, -0.1) is 0 Å². The van der Waals surface area contributed by atoms with E-state index in [0.29, 0.717) is 24.8 Å². The molecule has 2 saturated carbocycles. The van der Waals surface area contributed by atoms with Crippen molar-refractivity contribution < 1.29 is 18.0 Å². The summed E-state index contributed by atoms with van der Waals surface area (Å²) in [5.41, 5.74) is -0.771. The van der Waals surface area contributed by atoms with Crippen LogP contribution in [0.15, 0.2) is 18.3 Å². The molecule has 2 bridgehead atoms. The Balaban J connectivity index is 1.39. The van der Waals surface area contributed by atoms with E-state index in [1.165, 1.54) is 18.9 Å². The first-order chi connectivity index (χ1) is 10.9. The van der Waals surface area contributed by atoms with Crippen molar-refractivity contribution in [3.8, 4) is 0 Å². The van der Waals surface area contributed by atoms with Gasteiger partial charge >= 0.3 is 6.18 Å². The Labute approximate surface area is 132 Å². The topological polar surface area (TPSA) is 54.0 Å². The Bertz CT molecular complexity index is 559. The molecule has 0 spiro atoms. The van der Waals surface area contributed by atoms with Crippen molar-refractivity contribution in [2.24, 2.45) is 17.8 Å². The molecule has 2 aliphatic carbocycles. The number of fused-ring (bicyclic) bond motifs is 2. The van der Waals surface area contributed by atoms with Gasteiger partial charge in [0.1, 0.15) is 5.82 Å². The number of hydrogen-bond donors (Lipinski definition) is 2. The average Bonchev–Trinajstić information content (AvgIpc) is 3.14. The van der Waals surface area contributed by atoms with Crippen LogP contribution in [-0.4, -0.2) is 24.0 Å². The quantitative estimate of drug-likeness (QED) is 0.817. The van der Waals surface area contributed by atoms with E-state index in [-0.39, 0.29) is 11.8 Å². The second kappa shape index (κ2) is 6.37. The van der Waals surface area contributed by atoms with Gasteiger partial charge in [0, 0.05) is 25.2 Å². The van der Waals surface area contributed by atoms with Crippen LogP contribution in [0.2, 0.25) is 0 Å². The summed E-state index contributed by atoms with van der Waals surface area (Å²) in [7, 11) is 0. The van der Waals surface area contributed by atoms with Crippen LogP contribution < -0.4 is 10.6 Å². The molecule has 1 aromatic heterocycles. The van der Waals surface area contributed by atoms with Gasteiger partial charge in [0.25, 0.3) is 0 Å². The summed E-state index contributed by atoms with van der Waals surface area (Å²) in [6.45, 7) is 0.875. The summed E-state index contributed by atoms with van der Waals surface area (Å²) < 4.78 is 37.3. The number of aromatic nitrogens is 1. The minimum atomic E-state index is -4.37. The number of halogens is 3. The Hall–Kier alpha value is -1.79. The van der Waals surface area contributed by atoms with Crippen LogP contribution in [0.25, 0.3) is 0 Å². The molecule has 1 heterocycles. The van der Waals surface area contributed by atoms with E-state index < -0.39 is 11.7 Å². The number of rotatable bonds is 5. The highest BCUT2D eigenvalue weighted by atomic mass is 19.4. The molecule has 0 unspecified atom stereocenters. The summed E-state index contributed by atoms with van der Waals surface area (Å²) in [6, 6.07) is 2.28. The van der Waals surface area contributed by atoms with E-state index in [1.54, 1.807) is 0 Å². The molecule has 0 radical (unpaired) electrons. The van der Waals surface area contributed by atoms with Crippen LogP contribution in [0.1, 0.15) is 31.2 Å². The fourth-order valence-electron chi connectivity index (χ4n) is 3.74. The van der Waals surface area contributed by atoms with Crippen LogP contribution in [0.3, 0.4) is 0 Å². The fraction of sp³-hybridized carbons (Fsp3) is 0.625. The van der Waals surface area contributed by atoms with Gasteiger partial charge in [-0.2, -0.15) is 13.2 Å². The second-order valence-corrected chi connectivity index (χ2v) is 6.43. The molecule has 1 amide bonds. The summed E-state index contributed by atoms with van der Waals surface area (Å²) in [6.07, 6.45) is 1.04. The average molecular weight is 327 g/mol. The second-order valence-electron chi connectivity index (χ2n) is 6.43. The first kappa shape index (κ1) is 16.1. The van der Waals surface area contributed by atoms with Crippen LogP contribution in [0.5, 0.6) is 0 Å². The van der Waals surface area contributed by atoms with Gasteiger partial charge in [0.15, 0.2) is 0 Å². The van der Waals surface area contributed by atoms with Gasteiger partial charge in [-0.25, -0.2) is 4.98 Å². The lowest BCUT2D eigenvalue weighted by Gasteiger charge is -2.20. The number of carbonyl (C=O) groups is 1. The molecular formula is C16H20F3N3O. The van der Waals surface area contributed by atoms with Crippen molar-refractivity contribution >= 4 is 11.7 Å². The number of carbonyl (C=O) groups excluding carboxylic acids is 1. The number of hydrogen-bond acceptors (Lipinski definition) is 3. The molecule has 1 aromatic rings. The van der Waals surface area contributed by atoms with E-state index in [2.05, 4.69) is 15.6 Å².